The number of pyridine rings is 1. The van der Waals surface area contributed by atoms with Gasteiger partial charge in [-0.2, -0.15) is 0 Å². The second kappa shape index (κ2) is 5.57. The Bertz CT molecular complexity index is 853. The lowest BCUT2D eigenvalue weighted by Crippen LogP contribution is -2.19. The average molecular weight is 284 g/mol. The molecule has 2 nitrogen and oxygen atoms in total. The van der Waals surface area contributed by atoms with Crippen LogP contribution >= 0.6 is 0 Å². The van der Waals surface area contributed by atoms with Crippen molar-refractivity contribution in [3.05, 3.63) is 84.6 Å². The molecule has 1 aliphatic carbocycles. The maximum Gasteiger partial charge on any atom is 0.0787 e. The van der Waals surface area contributed by atoms with Gasteiger partial charge in [0.1, 0.15) is 0 Å². The van der Waals surface area contributed by atoms with Gasteiger partial charge in [0.2, 0.25) is 0 Å². The van der Waals surface area contributed by atoms with Crippen LogP contribution in [0.2, 0.25) is 0 Å². The molecular formula is C20H16N2. The molecule has 4 rings (SSSR count). The minimum absolute atomic E-state index is 0.235. The maximum absolute atomic E-state index is 4.76. The van der Waals surface area contributed by atoms with Crippen LogP contribution in [0.4, 0.5) is 0 Å². The van der Waals surface area contributed by atoms with E-state index in [1.807, 2.05) is 36.4 Å². The molecule has 2 unspecified atom stereocenters. The van der Waals surface area contributed by atoms with Crippen molar-refractivity contribution in [1.29, 1.82) is 0 Å². The fourth-order valence-electron chi connectivity index (χ4n) is 2.79. The summed E-state index contributed by atoms with van der Waals surface area (Å²) in [5.74, 6) is 0.404. The number of allylic oxidation sites excluding steroid dienone is 4. The highest BCUT2D eigenvalue weighted by molar-refractivity contribution is 6.07. The van der Waals surface area contributed by atoms with E-state index < -0.39 is 0 Å². The number of rotatable bonds is 2. The highest BCUT2D eigenvalue weighted by Gasteiger charge is 2.17. The second-order valence-corrected chi connectivity index (χ2v) is 5.51. The van der Waals surface area contributed by atoms with Crippen LogP contribution in [-0.2, 0) is 0 Å². The molecule has 0 spiro atoms. The van der Waals surface area contributed by atoms with E-state index in [0.717, 1.165) is 22.3 Å². The molecule has 0 radical (unpaired) electrons. The topological polar surface area (TPSA) is 25.2 Å². The Morgan fingerprint density at radius 1 is 0.864 bits per heavy atom. The zero-order valence-electron chi connectivity index (χ0n) is 12.1. The molecule has 0 amide bonds. The Kier molecular flexibility index (Phi) is 3.28. The fourth-order valence-corrected chi connectivity index (χ4v) is 2.79. The van der Waals surface area contributed by atoms with Gasteiger partial charge in [-0.15, -0.1) is 0 Å². The van der Waals surface area contributed by atoms with E-state index in [4.69, 9.17) is 4.99 Å². The summed E-state index contributed by atoms with van der Waals surface area (Å²) in [7, 11) is 0. The molecule has 2 heterocycles. The van der Waals surface area contributed by atoms with Crippen LogP contribution in [0.25, 0.3) is 17.0 Å². The number of fused-ring (bicyclic) bond motifs is 2. The van der Waals surface area contributed by atoms with Crippen molar-refractivity contribution in [2.24, 2.45) is 10.9 Å². The Morgan fingerprint density at radius 2 is 1.77 bits per heavy atom. The van der Waals surface area contributed by atoms with Crippen molar-refractivity contribution < 1.29 is 0 Å². The molecule has 0 saturated heterocycles. The Labute approximate surface area is 129 Å². The first-order valence-electron chi connectivity index (χ1n) is 7.53. The van der Waals surface area contributed by atoms with E-state index >= 15 is 0 Å². The van der Waals surface area contributed by atoms with Crippen molar-refractivity contribution in [1.82, 2.24) is 4.98 Å². The van der Waals surface area contributed by atoms with Gasteiger partial charge in [-0.1, -0.05) is 54.6 Å². The highest BCUT2D eigenvalue weighted by atomic mass is 14.8. The standard InChI is InChI=1S/C20H16N2/c1-3-7-19-15(5-1)9-11-17(21-19)13-14-18-12-10-16-6-2-4-8-20(16)22-18/h1-15,19H/b14-13+. The number of hydrogen-bond donors (Lipinski definition) is 0. The number of para-hydroxylation sites is 1. The van der Waals surface area contributed by atoms with Crippen LogP contribution in [0.15, 0.2) is 83.9 Å². The molecule has 1 aliphatic heterocycles. The zero-order chi connectivity index (χ0) is 14.8. The van der Waals surface area contributed by atoms with Gasteiger partial charge in [0.05, 0.1) is 23.0 Å². The number of hydrogen-bond acceptors (Lipinski definition) is 2. The van der Waals surface area contributed by atoms with Gasteiger partial charge in [-0.25, -0.2) is 4.98 Å². The van der Waals surface area contributed by atoms with E-state index in [9.17, 15) is 0 Å². The van der Waals surface area contributed by atoms with Gasteiger partial charge >= 0.3 is 0 Å². The first-order chi connectivity index (χ1) is 10.9. The lowest BCUT2D eigenvalue weighted by Gasteiger charge is -2.21. The monoisotopic (exact) mass is 284 g/mol. The summed E-state index contributed by atoms with van der Waals surface area (Å²) >= 11 is 0. The van der Waals surface area contributed by atoms with E-state index in [1.54, 1.807) is 0 Å². The van der Waals surface area contributed by atoms with Crippen molar-refractivity contribution >= 4 is 22.7 Å². The predicted octanol–water partition coefficient (Wildman–Crippen LogP) is 4.37. The summed E-state index contributed by atoms with van der Waals surface area (Å²) < 4.78 is 0. The molecule has 2 aromatic rings. The molecule has 2 atom stereocenters. The lowest BCUT2D eigenvalue weighted by atomic mass is 9.92. The summed E-state index contributed by atoms with van der Waals surface area (Å²) in [4.78, 5) is 9.41. The summed E-state index contributed by atoms with van der Waals surface area (Å²) in [5, 5.41) is 1.16. The van der Waals surface area contributed by atoms with Gasteiger partial charge in [0.25, 0.3) is 0 Å². The van der Waals surface area contributed by atoms with Crippen molar-refractivity contribution in [3.63, 3.8) is 0 Å². The molecule has 1 aromatic heterocycles. The number of dihydropyridines is 1. The van der Waals surface area contributed by atoms with Crippen LogP contribution < -0.4 is 0 Å². The summed E-state index contributed by atoms with van der Waals surface area (Å²) in [6, 6.07) is 12.5. The van der Waals surface area contributed by atoms with Gasteiger partial charge in [-0.05, 0) is 30.4 Å². The first-order valence-corrected chi connectivity index (χ1v) is 7.53. The average Bonchev–Trinajstić information content (AvgIpc) is 2.59. The SMILES string of the molecule is C1=CC2C=CC(/C=C/c3ccc4ccccc4n3)=NC2C=C1. The third kappa shape index (κ3) is 2.56. The molecule has 0 fully saturated rings. The van der Waals surface area contributed by atoms with Crippen molar-refractivity contribution in [2.75, 3.05) is 0 Å². The number of nitrogens with zero attached hydrogens (tertiary/aromatic N) is 2. The van der Waals surface area contributed by atoms with E-state index in [-0.39, 0.29) is 6.04 Å². The predicted molar refractivity (Wildman–Crippen MR) is 92.9 cm³/mol. The van der Waals surface area contributed by atoms with Gasteiger partial charge in [0, 0.05) is 11.3 Å². The molecule has 2 heteroatoms. The largest absolute Gasteiger partial charge is 0.277 e. The van der Waals surface area contributed by atoms with Crippen LogP contribution in [-0.4, -0.2) is 16.7 Å². The normalized spacial score (nSPS) is 23.0. The number of aromatic nitrogens is 1. The van der Waals surface area contributed by atoms with Crippen molar-refractivity contribution in [2.45, 2.75) is 6.04 Å². The highest BCUT2D eigenvalue weighted by Crippen LogP contribution is 2.21. The summed E-state index contributed by atoms with van der Waals surface area (Å²) in [6.45, 7) is 0. The molecule has 0 bridgehead atoms. The smallest absolute Gasteiger partial charge is 0.0787 e. The molecule has 106 valence electrons. The maximum atomic E-state index is 4.76. The lowest BCUT2D eigenvalue weighted by molar-refractivity contribution is 0.680. The Morgan fingerprint density at radius 3 is 2.77 bits per heavy atom. The zero-order valence-corrected chi connectivity index (χ0v) is 12.1. The number of benzene rings is 1. The number of aliphatic imine (C=N–C) groups is 1. The van der Waals surface area contributed by atoms with Crippen LogP contribution in [0.5, 0.6) is 0 Å². The fraction of sp³-hybridized carbons (Fsp3) is 0.100. The summed E-state index contributed by atoms with van der Waals surface area (Å²) in [6.07, 6.45) is 16.9. The van der Waals surface area contributed by atoms with E-state index in [2.05, 4.69) is 53.6 Å². The van der Waals surface area contributed by atoms with Gasteiger partial charge < -0.3 is 0 Å². The molecule has 0 saturated carbocycles. The van der Waals surface area contributed by atoms with Gasteiger partial charge in [0.15, 0.2) is 0 Å². The van der Waals surface area contributed by atoms with E-state index in [1.165, 1.54) is 0 Å². The third-order valence-electron chi connectivity index (χ3n) is 3.98. The third-order valence-corrected chi connectivity index (χ3v) is 3.98. The molecule has 0 N–H and O–H groups in total. The molecule has 22 heavy (non-hydrogen) atoms. The van der Waals surface area contributed by atoms with Crippen LogP contribution in [0, 0.1) is 5.92 Å². The van der Waals surface area contributed by atoms with Crippen LogP contribution in [0.3, 0.4) is 0 Å². The van der Waals surface area contributed by atoms with Crippen molar-refractivity contribution in [3.8, 4) is 0 Å². The van der Waals surface area contributed by atoms with Gasteiger partial charge in [-0.3, -0.25) is 4.99 Å². The van der Waals surface area contributed by atoms with Crippen LogP contribution in [0.1, 0.15) is 5.69 Å². The molecular weight excluding hydrogens is 268 g/mol. The van der Waals surface area contributed by atoms with E-state index in [0.29, 0.717) is 5.92 Å². The molecule has 1 aromatic carbocycles. The second-order valence-electron chi connectivity index (χ2n) is 5.51. The first kappa shape index (κ1) is 13.0. The molecule has 2 aliphatic rings. The minimum atomic E-state index is 0.235. The Hall–Kier alpha value is -2.74. The minimum Gasteiger partial charge on any atom is -0.277 e. The summed E-state index contributed by atoms with van der Waals surface area (Å²) in [5.41, 5.74) is 2.97. The quantitative estimate of drug-likeness (QED) is 0.804. The Balaban J connectivity index is 1.58.